The third-order valence-corrected chi connectivity index (χ3v) is 3.70. The topological polar surface area (TPSA) is 29.1 Å². The molecule has 0 aliphatic heterocycles. The normalized spacial score (nSPS) is 12.1. The summed E-state index contributed by atoms with van der Waals surface area (Å²) in [5, 5.41) is 2.67. The number of rotatable bonds is 4. The van der Waals surface area contributed by atoms with Crippen molar-refractivity contribution in [1.29, 1.82) is 0 Å². The summed E-state index contributed by atoms with van der Waals surface area (Å²) in [7, 11) is 0. The zero-order valence-corrected chi connectivity index (χ0v) is 13.0. The van der Waals surface area contributed by atoms with E-state index < -0.39 is 40.6 Å². The van der Waals surface area contributed by atoms with Gasteiger partial charge in [0, 0.05) is 11.6 Å². The van der Waals surface area contributed by atoms with Crippen LogP contribution in [0, 0.1) is 29.1 Å². The molecule has 1 atom stereocenters. The van der Waals surface area contributed by atoms with E-state index in [0.29, 0.717) is 5.02 Å². The molecule has 2 aromatic rings. The second-order valence-corrected chi connectivity index (χ2v) is 5.54. The zero-order chi connectivity index (χ0) is 18.0. The standard InChI is InChI=1S/C16H11ClF5NO/c1-7(8-2-4-9(17)5-3-8)6-23-16(24)10-11(18)13(20)15(22)14(21)12(10)19/h2-5,7H,6H2,1H3,(H,23,24). The van der Waals surface area contributed by atoms with Crippen molar-refractivity contribution in [3.63, 3.8) is 0 Å². The van der Waals surface area contributed by atoms with Crippen molar-refractivity contribution < 1.29 is 26.7 Å². The van der Waals surface area contributed by atoms with E-state index in [4.69, 9.17) is 11.6 Å². The molecule has 2 aromatic carbocycles. The minimum atomic E-state index is -2.31. The van der Waals surface area contributed by atoms with E-state index in [9.17, 15) is 26.7 Å². The van der Waals surface area contributed by atoms with Crippen LogP contribution in [0.4, 0.5) is 22.0 Å². The zero-order valence-electron chi connectivity index (χ0n) is 12.3. The number of hydrogen-bond donors (Lipinski definition) is 1. The summed E-state index contributed by atoms with van der Waals surface area (Å²) in [5.74, 6) is -12.6. The van der Waals surface area contributed by atoms with Crippen molar-refractivity contribution in [2.24, 2.45) is 0 Å². The fourth-order valence-corrected chi connectivity index (χ4v) is 2.17. The Morgan fingerprint density at radius 2 is 1.42 bits per heavy atom. The minimum Gasteiger partial charge on any atom is -0.351 e. The second kappa shape index (κ2) is 7.17. The van der Waals surface area contributed by atoms with Gasteiger partial charge in [-0.25, -0.2) is 22.0 Å². The Kier molecular flexibility index (Phi) is 5.43. The summed E-state index contributed by atoms with van der Waals surface area (Å²) in [5.41, 5.74) is -0.730. The molecule has 0 aromatic heterocycles. The molecule has 0 fully saturated rings. The van der Waals surface area contributed by atoms with Crippen LogP contribution in [0.1, 0.15) is 28.8 Å². The molecule has 2 rings (SSSR count). The molecule has 1 unspecified atom stereocenters. The first-order valence-electron chi connectivity index (χ1n) is 6.79. The first kappa shape index (κ1) is 18.2. The summed E-state index contributed by atoms with van der Waals surface area (Å²) >= 11 is 5.75. The van der Waals surface area contributed by atoms with Gasteiger partial charge in [0.25, 0.3) is 5.91 Å². The molecule has 0 saturated heterocycles. The van der Waals surface area contributed by atoms with Gasteiger partial charge >= 0.3 is 0 Å². The highest BCUT2D eigenvalue weighted by molar-refractivity contribution is 6.30. The molecular formula is C16H11ClF5NO. The molecule has 0 saturated carbocycles. The molecule has 0 radical (unpaired) electrons. The van der Waals surface area contributed by atoms with E-state index in [1.165, 1.54) is 0 Å². The van der Waals surface area contributed by atoms with Crippen molar-refractivity contribution in [3.05, 3.63) is 69.5 Å². The van der Waals surface area contributed by atoms with Gasteiger partial charge in [0.1, 0.15) is 5.56 Å². The smallest absolute Gasteiger partial charge is 0.257 e. The minimum absolute atomic E-state index is 0.0695. The SMILES string of the molecule is CC(CNC(=O)c1c(F)c(F)c(F)c(F)c1F)c1ccc(Cl)cc1. The Bertz CT molecular complexity index is 750. The number of nitrogens with one attached hydrogen (secondary N) is 1. The predicted octanol–water partition coefficient (Wildman–Crippen LogP) is 4.57. The fraction of sp³-hybridized carbons (Fsp3) is 0.188. The molecule has 24 heavy (non-hydrogen) atoms. The molecule has 0 bridgehead atoms. The number of amides is 1. The largest absolute Gasteiger partial charge is 0.351 e. The average molecular weight is 364 g/mol. The highest BCUT2D eigenvalue weighted by Gasteiger charge is 2.29. The lowest BCUT2D eigenvalue weighted by molar-refractivity contribution is 0.0940. The quantitative estimate of drug-likeness (QED) is 0.481. The summed E-state index contributed by atoms with van der Waals surface area (Å²) in [4.78, 5) is 11.8. The molecule has 8 heteroatoms. The van der Waals surface area contributed by atoms with Gasteiger partial charge in [-0.05, 0) is 23.6 Å². The van der Waals surface area contributed by atoms with Crippen molar-refractivity contribution in [1.82, 2.24) is 5.32 Å². The van der Waals surface area contributed by atoms with Crippen LogP contribution in [-0.4, -0.2) is 12.5 Å². The van der Waals surface area contributed by atoms with Gasteiger partial charge in [-0.3, -0.25) is 4.79 Å². The van der Waals surface area contributed by atoms with Crippen LogP contribution in [0.2, 0.25) is 5.02 Å². The first-order valence-corrected chi connectivity index (χ1v) is 7.17. The fourth-order valence-electron chi connectivity index (χ4n) is 2.05. The third-order valence-electron chi connectivity index (χ3n) is 3.44. The van der Waals surface area contributed by atoms with E-state index >= 15 is 0 Å². The number of halogens is 6. The number of carbonyl (C=O) groups is 1. The molecule has 1 N–H and O–H groups in total. The van der Waals surface area contributed by atoms with Crippen LogP contribution in [-0.2, 0) is 0 Å². The Hall–Kier alpha value is -2.15. The van der Waals surface area contributed by atoms with E-state index in [0.717, 1.165) is 5.56 Å². The van der Waals surface area contributed by atoms with Gasteiger partial charge in [-0.1, -0.05) is 30.7 Å². The van der Waals surface area contributed by atoms with Crippen LogP contribution >= 0.6 is 11.6 Å². The lowest BCUT2D eigenvalue weighted by Gasteiger charge is -2.14. The Labute approximate surface area is 139 Å². The van der Waals surface area contributed by atoms with Gasteiger partial charge < -0.3 is 5.32 Å². The third kappa shape index (κ3) is 3.51. The van der Waals surface area contributed by atoms with E-state index in [-0.39, 0.29) is 12.5 Å². The predicted molar refractivity (Wildman–Crippen MR) is 78.4 cm³/mol. The van der Waals surface area contributed by atoms with Crippen molar-refractivity contribution in [2.45, 2.75) is 12.8 Å². The van der Waals surface area contributed by atoms with Crippen LogP contribution in [0.3, 0.4) is 0 Å². The van der Waals surface area contributed by atoms with Crippen LogP contribution in [0.15, 0.2) is 24.3 Å². The van der Waals surface area contributed by atoms with E-state index in [1.807, 2.05) is 0 Å². The Morgan fingerprint density at radius 1 is 0.958 bits per heavy atom. The van der Waals surface area contributed by atoms with Gasteiger partial charge in [-0.15, -0.1) is 0 Å². The highest BCUT2D eigenvalue weighted by atomic mass is 35.5. The number of benzene rings is 2. The maximum Gasteiger partial charge on any atom is 0.257 e. The van der Waals surface area contributed by atoms with Crippen LogP contribution in [0.25, 0.3) is 0 Å². The highest BCUT2D eigenvalue weighted by Crippen LogP contribution is 2.23. The average Bonchev–Trinajstić information content (AvgIpc) is 2.57. The molecule has 0 heterocycles. The van der Waals surface area contributed by atoms with Crippen molar-refractivity contribution in [3.8, 4) is 0 Å². The summed E-state index contributed by atoms with van der Waals surface area (Å²) in [6.07, 6.45) is 0. The molecule has 2 nitrogen and oxygen atoms in total. The number of hydrogen-bond acceptors (Lipinski definition) is 1. The monoisotopic (exact) mass is 363 g/mol. The van der Waals surface area contributed by atoms with Crippen LogP contribution < -0.4 is 5.32 Å². The molecular weight excluding hydrogens is 353 g/mol. The molecule has 0 aliphatic carbocycles. The lowest BCUT2D eigenvalue weighted by atomic mass is 10.0. The molecule has 1 amide bonds. The van der Waals surface area contributed by atoms with Crippen molar-refractivity contribution in [2.75, 3.05) is 6.54 Å². The molecule has 0 aliphatic rings. The maximum atomic E-state index is 13.5. The van der Waals surface area contributed by atoms with Gasteiger partial charge in [0.05, 0.1) is 0 Å². The summed E-state index contributed by atoms with van der Waals surface area (Å²) in [6.45, 7) is 1.64. The summed E-state index contributed by atoms with van der Waals surface area (Å²) in [6, 6.07) is 6.63. The Morgan fingerprint density at radius 3 is 1.92 bits per heavy atom. The second-order valence-electron chi connectivity index (χ2n) is 5.11. The van der Waals surface area contributed by atoms with E-state index in [1.54, 1.807) is 31.2 Å². The van der Waals surface area contributed by atoms with Gasteiger partial charge in [0.2, 0.25) is 5.82 Å². The lowest BCUT2D eigenvalue weighted by Crippen LogP contribution is -2.30. The van der Waals surface area contributed by atoms with Crippen LogP contribution in [0.5, 0.6) is 0 Å². The molecule has 0 spiro atoms. The Balaban J connectivity index is 2.17. The molecule has 128 valence electrons. The van der Waals surface area contributed by atoms with E-state index in [2.05, 4.69) is 5.32 Å². The first-order chi connectivity index (χ1) is 11.2. The van der Waals surface area contributed by atoms with Gasteiger partial charge in [0.15, 0.2) is 23.3 Å². The van der Waals surface area contributed by atoms with Crippen molar-refractivity contribution >= 4 is 17.5 Å². The maximum absolute atomic E-state index is 13.5. The van der Waals surface area contributed by atoms with Gasteiger partial charge in [-0.2, -0.15) is 0 Å². The number of carbonyl (C=O) groups excluding carboxylic acids is 1. The summed E-state index contributed by atoms with van der Waals surface area (Å²) < 4.78 is 66.3.